The number of rotatable bonds is 6. The van der Waals surface area contributed by atoms with Crippen molar-refractivity contribution < 1.29 is 4.79 Å². The van der Waals surface area contributed by atoms with E-state index in [1.54, 1.807) is 0 Å². The van der Waals surface area contributed by atoms with Gasteiger partial charge < -0.3 is 11.1 Å². The van der Waals surface area contributed by atoms with Crippen molar-refractivity contribution in [3.8, 4) is 0 Å². The second kappa shape index (κ2) is 7.29. The highest BCUT2D eigenvalue weighted by Gasteiger charge is 2.08. The summed E-state index contributed by atoms with van der Waals surface area (Å²) in [6.07, 6.45) is 1.35. The Hall–Kier alpha value is -1.35. The van der Waals surface area contributed by atoms with Gasteiger partial charge in [-0.1, -0.05) is 24.6 Å². The van der Waals surface area contributed by atoms with Gasteiger partial charge in [-0.15, -0.1) is 0 Å². The van der Waals surface area contributed by atoms with E-state index in [0.717, 1.165) is 6.42 Å². The summed E-state index contributed by atoms with van der Waals surface area (Å²) >= 11 is 0. The van der Waals surface area contributed by atoms with E-state index in [4.69, 9.17) is 5.73 Å². The minimum Gasteiger partial charge on any atom is -0.356 e. The maximum absolute atomic E-state index is 11.8. The molecular weight excluding hydrogens is 236 g/mol. The molecule has 1 amide bonds. The number of hydrogen-bond donors (Lipinski definition) is 2. The normalized spacial score (nSPS) is 12.3. The predicted octanol–water partition coefficient (Wildman–Crippen LogP) is 2.26. The maximum atomic E-state index is 11.8. The summed E-state index contributed by atoms with van der Waals surface area (Å²) in [7, 11) is 0. The van der Waals surface area contributed by atoms with Gasteiger partial charge in [-0.25, -0.2) is 0 Å². The molecule has 1 aromatic carbocycles. The van der Waals surface area contributed by atoms with E-state index in [2.05, 4.69) is 38.2 Å². The van der Waals surface area contributed by atoms with Crippen molar-refractivity contribution in [1.82, 2.24) is 5.32 Å². The average Bonchev–Trinajstić information content (AvgIpc) is 2.34. The van der Waals surface area contributed by atoms with Crippen molar-refractivity contribution in [2.75, 3.05) is 13.1 Å². The summed E-state index contributed by atoms with van der Waals surface area (Å²) in [5.74, 6) is 0.450. The number of hydrogen-bond acceptors (Lipinski definition) is 2. The molecule has 19 heavy (non-hydrogen) atoms. The van der Waals surface area contributed by atoms with E-state index in [1.807, 2.05) is 6.92 Å². The van der Waals surface area contributed by atoms with Gasteiger partial charge in [-0.3, -0.25) is 4.79 Å². The Balaban J connectivity index is 2.51. The number of nitrogens with one attached hydrogen (secondary N) is 1. The minimum absolute atomic E-state index is 0.111. The molecule has 0 bridgehead atoms. The van der Waals surface area contributed by atoms with Gasteiger partial charge in [0.05, 0.1) is 0 Å². The quantitative estimate of drug-likeness (QED) is 0.826. The highest BCUT2D eigenvalue weighted by atomic mass is 16.1. The summed E-state index contributed by atoms with van der Waals surface area (Å²) in [4.78, 5) is 11.8. The summed E-state index contributed by atoms with van der Waals surface area (Å²) < 4.78 is 0. The first-order chi connectivity index (χ1) is 8.93. The molecule has 0 heterocycles. The lowest BCUT2D eigenvalue weighted by Gasteiger charge is -2.13. The fraction of sp³-hybridized carbons (Fsp3) is 0.562. The van der Waals surface area contributed by atoms with Crippen LogP contribution in [0.2, 0.25) is 0 Å². The van der Waals surface area contributed by atoms with E-state index in [-0.39, 0.29) is 5.91 Å². The zero-order valence-electron chi connectivity index (χ0n) is 12.5. The Morgan fingerprint density at radius 1 is 1.26 bits per heavy atom. The van der Waals surface area contributed by atoms with Gasteiger partial charge in [0.25, 0.3) is 0 Å². The second-order valence-corrected chi connectivity index (χ2v) is 5.52. The van der Waals surface area contributed by atoms with Crippen LogP contribution in [0.4, 0.5) is 0 Å². The first-order valence-corrected chi connectivity index (χ1v) is 6.97. The monoisotopic (exact) mass is 262 g/mol. The molecule has 0 aliphatic heterocycles. The molecule has 0 aliphatic rings. The van der Waals surface area contributed by atoms with Crippen LogP contribution in [0, 0.1) is 26.7 Å². The Morgan fingerprint density at radius 3 is 2.37 bits per heavy atom. The van der Waals surface area contributed by atoms with Crippen LogP contribution in [0.1, 0.15) is 35.6 Å². The first kappa shape index (κ1) is 15.7. The summed E-state index contributed by atoms with van der Waals surface area (Å²) in [6, 6.07) is 4.35. The lowest BCUT2D eigenvalue weighted by molar-refractivity contribution is -0.121. The highest BCUT2D eigenvalue weighted by Crippen LogP contribution is 2.17. The molecule has 1 aromatic rings. The Kier molecular flexibility index (Phi) is 6.03. The number of aryl methyl sites for hydroxylation is 3. The molecule has 1 rings (SSSR count). The van der Waals surface area contributed by atoms with Crippen molar-refractivity contribution in [1.29, 1.82) is 0 Å². The molecule has 0 radical (unpaired) electrons. The van der Waals surface area contributed by atoms with Gasteiger partial charge in [-0.05, 0) is 56.3 Å². The maximum Gasteiger partial charge on any atom is 0.220 e. The molecule has 3 N–H and O–H groups in total. The van der Waals surface area contributed by atoms with Gasteiger partial charge in [0.15, 0.2) is 0 Å². The van der Waals surface area contributed by atoms with Crippen LogP contribution < -0.4 is 11.1 Å². The predicted molar refractivity (Wildman–Crippen MR) is 80.2 cm³/mol. The lowest BCUT2D eigenvalue weighted by atomic mass is 9.96. The average molecular weight is 262 g/mol. The topological polar surface area (TPSA) is 55.1 Å². The third kappa shape index (κ3) is 5.03. The van der Waals surface area contributed by atoms with Crippen LogP contribution in [0.3, 0.4) is 0 Å². The standard InChI is InChI=1S/C16H26N2O/c1-11-7-13(3)15(14(4)8-11)5-6-16(19)18-10-12(2)9-17/h7-8,12H,5-6,9-10,17H2,1-4H3,(H,18,19). The van der Waals surface area contributed by atoms with Gasteiger partial charge in [-0.2, -0.15) is 0 Å². The first-order valence-electron chi connectivity index (χ1n) is 6.97. The lowest BCUT2D eigenvalue weighted by Crippen LogP contribution is -2.31. The highest BCUT2D eigenvalue weighted by molar-refractivity contribution is 5.76. The molecule has 3 heteroatoms. The third-order valence-electron chi connectivity index (χ3n) is 3.49. The smallest absolute Gasteiger partial charge is 0.220 e. The van der Waals surface area contributed by atoms with Crippen molar-refractivity contribution in [2.24, 2.45) is 11.7 Å². The van der Waals surface area contributed by atoms with Crippen molar-refractivity contribution in [2.45, 2.75) is 40.5 Å². The van der Waals surface area contributed by atoms with Crippen LogP contribution in [-0.4, -0.2) is 19.0 Å². The van der Waals surface area contributed by atoms with Crippen LogP contribution in [0.25, 0.3) is 0 Å². The molecule has 1 atom stereocenters. The van der Waals surface area contributed by atoms with Crippen molar-refractivity contribution in [3.05, 3.63) is 34.4 Å². The zero-order chi connectivity index (χ0) is 14.4. The van der Waals surface area contributed by atoms with Gasteiger partial charge in [0.1, 0.15) is 0 Å². The van der Waals surface area contributed by atoms with Gasteiger partial charge in [0.2, 0.25) is 5.91 Å². The van der Waals surface area contributed by atoms with Gasteiger partial charge in [0, 0.05) is 13.0 Å². The number of nitrogens with two attached hydrogens (primary N) is 1. The van der Waals surface area contributed by atoms with E-state index in [0.29, 0.717) is 25.4 Å². The van der Waals surface area contributed by atoms with Crippen molar-refractivity contribution in [3.63, 3.8) is 0 Å². The number of carbonyl (C=O) groups is 1. The summed E-state index contributed by atoms with van der Waals surface area (Å²) in [5, 5.41) is 2.93. The molecule has 0 spiro atoms. The molecule has 1 unspecified atom stereocenters. The molecule has 3 nitrogen and oxygen atoms in total. The molecule has 0 fully saturated rings. The van der Waals surface area contributed by atoms with Crippen LogP contribution in [-0.2, 0) is 11.2 Å². The summed E-state index contributed by atoms with van der Waals surface area (Å²) in [6.45, 7) is 9.64. The van der Waals surface area contributed by atoms with Gasteiger partial charge >= 0.3 is 0 Å². The number of benzene rings is 1. The third-order valence-corrected chi connectivity index (χ3v) is 3.49. The van der Waals surface area contributed by atoms with E-state index < -0.39 is 0 Å². The SMILES string of the molecule is Cc1cc(C)c(CCC(=O)NCC(C)CN)c(C)c1. The zero-order valence-corrected chi connectivity index (χ0v) is 12.5. The van der Waals surface area contributed by atoms with Crippen LogP contribution in [0.5, 0.6) is 0 Å². The molecule has 106 valence electrons. The molecule has 0 aliphatic carbocycles. The Morgan fingerprint density at radius 2 is 1.84 bits per heavy atom. The second-order valence-electron chi connectivity index (χ2n) is 5.52. The van der Waals surface area contributed by atoms with Crippen LogP contribution >= 0.6 is 0 Å². The Bertz CT molecular complexity index is 417. The molecule has 0 aromatic heterocycles. The molecule has 0 saturated heterocycles. The molecular formula is C16H26N2O. The number of carbonyl (C=O) groups excluding carboxylic acids is 1. The number of amides is 1. The van der Waals surface area contributed by atoms with Crippen LogP contribution in [0.15, 0.2) is 12.1 Å². The summed E-state index contributed by atoms with van der Waals surface area (Å²) in [5.41, 5.74) is 10.7. The van der Waals surface area contributed by atoms with E-state index >= 15 is 0 Å². The molecule has 0 saturated carbocycles. The largest absolute Gasteiger partial charge is 0.356 e. The fourth-order valence-electron chi connectivity index (χ4n) is 2.30. The van der Waals surface area contributed by atoms with Crippen molar-refractivity contribution >= 4 is 5.91 Å². The van der Waals surface area contributed by atoms with E-state index in [9.17, 15) is 4.79 Å². The van der Waals surface area contributed by atoms with E-state index in [1.165, 1.54) is 22.3 Å². The minimum atomic E-state index is 0.111. The fourth-order valence-corrected chi connectivity index (χ4v) is 2.30. The Labute approximate surface area is 116 Å².